The molecule has 2 aromatic carbocycles. The Hall–Kier alpha value is -3.61. The zero-order chi connectivity index (χ0) is 19.3. The molecule has 2 N–H and O–H groups in total. The van der Waals surface area contributed by atoms with Gasteiger partial charge in [-0.15, -0.1) is 0 Å². The Balaban J connectivity index is 1.31. The van der Waals surface area contributed by atoms with Crippen molar-refractivity contribution in [1.82, 2.24) is 14.9 Å². The lowest BCUT2D eigenvalue weighted by Gasteiger charge is -2.13. The van der Waals surface area contributed by atoms with Gasteiger partial charge in [0.1, 0.15) is 11.9 Å². The Bertz CT molecular complexity index is 1020. The third-order valence-corrected chi connectivity index (χ3v) is 4.52. The first-order chi connectivity index (χ1) is 13.7. The third kappa shape index (κ3) is 4.20. The highest BCUT2D eigenvalue weighted by Crippen LogP contribution is 2.27. The number of anilines is 1. The molecule has 1 aliphatic heterocycles. The van der Waals surface area contributed by atoms with E-state index in [1.807, 2.05) is 42.5 Å². The minimum atomic E-state index is -0.309. The van der Waals surface area contributed by atoms with Crippen molar-refractivity contribution in [2.75, 3.05) is 11.9 Å². The van der Waals surface area contributed by atoms with Crippen LogP contribution in [-0.2, 0) is 13.0 Å². The molecule has 1 aromatic heterocycles. The number of nitrogens with one attached hydrogen (secondary N) is 2. The van der Waals surface area contributed by atoms with Crippen LogP contribution < -0.4 is 21.1 Å². The lowest BCUT2D eigenvalue weighted by Crippen LogP contribution is -2.37. The Labute approximate surface area is 162 Å². The van der Waals surface area contributed by atoms with Gasteiger partial charge in [0.2, 0.25) is 0 Å². The third-order valence-electron chi connectivity index (χ3n) is 4.52. The van der Waals surface area contributed by atoms with Crippen LogP contribution in [0.4, 0.5) is 10.5 Å². The van der Waals surface area contributed by atoms with Gasteiger partial charge >= 0.3 is 11.7 Å². The topological polar surface area (TPSA) is 85.2 Å². The molecule has 7 heteroatoms. The summed E-state index contributed by atoms with van der Waals surface area (Å²) < 4.78 is 7.33. The summed E-state index contributed by atoms with van der Waals surface area (Å²) in [6.45, 7) is 0.809. The van der Waals surface area contributed by atoms with E-state index in [0.717, 1.165) is 23.3 Å². The second-order valence-electron chi connectivity index (χ2n) is 6.62. The van der Waals surface area contributed by atoms with Crippen molar-refractivity contribution < 1.29 is 9.53 Å². The van der Waals surface area contributed by atoms with Gasteiger partial charge in [0, 0.05) is 24.5 Å². The summed E-state index contributed by atoms with van der Waals surface area (Å²) in [4.78, 5) is 27.7. The molecule has 1 atom stereocenters. The molecule has 1 aliphatic rings. The summed E-state index contributed by atoms with van der Waals surface area (Å²) in [5, 5.41) is 5.67. The molecule has 7 nitrogen and oxygen atoms in total. The monoisotopic (exact) mass is 376 g/mol. The predicted octanol–water partition coefficient (Wildman–Crippen LogP) is 2.42. The zero-order valence-corrected chi connectivity index (χ0v) is 15.2. The van der Waals surface area contributed by atoms with Crippen LogP contribution in [0.1, 0.15) is 11.1 Å². The number of rotatable bonds is 5. The van der Waals surface area contributed by atoms with E-state index >= 15 is 0 Å². The Morgan fingerprint density at radius 3 is 2.93 bits per heavy atom. The molecule has 28 heavy (non-hydrogen) atoms. The van der Waals surface area contributed by atoms with E-state index in [1.165, 1.54) is 10.8 Å². The van der Waals surface area contributed by atoms with E-state index < -0.39 is 0 Å². The number of carbonyl (C=O) groups excluding carboxylic acids is 1. The molecule has 0 aliphatic carbocycles. The second kappa shape index (κ2) is 7.96. The van der Waals surface area contributed by atoms with Crippen molar-refractivity contribution >= 4 is 11.7 Å². The first-order valence-corrected chi connectivity index (χ1v) is 9.07. The Kier molecular flexibility index (Phi) is 5.05. The summed E-state index contributed by atoms with van der Waals surface area (Å²) in [6.07, 6.45) is 3.87. The number of amides is 2. The maximum atomic E-state index is 12.2. The highest BCUT2D eigenvalue weighted by Gasteiger charge is 2.22. The van der Waals surface area contributed by atoms with Crippen LogP contribution in [0, 0.1) is 0 Å². The number of benzene rings is 2. The second-order valence-corrected chi connectivity index (χ2v) is 6.62. The number of nitrogens with zero attached hydrogens (tertiary/aromatic N) is 2. The van der Waals surface area contributed by atoms with Crippen LogP contribution in [0.5, 0.6) is 5.75 Å². The molecule has 0 saturated carbocycles. The normalized spacial score (nSPS) is 14.8. The average molecular weight is 376 g/mol. The van der Waals surface area contributed by atoms with Crippen LogP contribution in [-0.4, -0.2) is 28.2 Å². The highest BCUT2D eigenvalue weighted by atomic mass is 16.5. The van der Waals surface area contributed by atoms with E-state index in [0.29, 0.717) is 18.8 Å². The maximum Gasteiger partial charge on any atom is 0.347 e. The van der Waals surface area contributed by atoms with Gasteiger partial charge in [0.05, 0.1) is 13.1 Å². The van der Waals surface area contributed by atoms with E-state index in [2.05, 4.69) is 15.6 Å². The minimum Gasteiger partial charge on any atom is -0.488 e. The van der Waals surface area contributed by atoms with Crippen molar-refractivity contribution in [3.05, 3.63) is 88.6 Å². The standard InChI is InChI=1S/C21H20N4O3/c26-20(23-13-18-12-16-6-1-2-8-19(16)28-18)24-17-7-3-5-15(11-17)14-25-10-4-9-22-21(25)27/h1-11,18H,12-14H2,(H2,23,24,26)/t18-/m1/s1. The number of hydrogen-bond acceptors (Lipinski definition) is 4. The molecule has 2 amide bonds. The van der Waals surface area contributed by atoms with Crippen LogP contribution in [0.15, 0.2) is 71.8 Å². The summed E-state index contributed by atoms with van der Waals surface area (Å²) in [6, 6.07) is 16.7. The van der Waals surface area contributed by atoms with Crippen LogP contribution in [0.2, 0.25) is 0 Å². The Morgan fingerprint density at radius 2 is 2.07 bits per heavy atom. The number of fused-ring (bicyclic) bond motifs is 1. The van der Waals surface area contributed by atoms with Gasteiger partial charge in [-0.3, -0.25) is 4.57 Å². The average Bonchev–Trinajstić information content (AvgIpc) is 3.12. The summed E-state index contributed by atoms with van der Waals surface area (Å²) in [7, 11) is 0. The van der Waals surface area contributed by atoms with Gasteiger partial charge in [-0.1, -0.05) is 30.3 Å². The SMILES string of the molecule is O=C(NC[C@H]1Cc2ccccc2O1)Nc1cccc(Cn2cccnc2=O)c1. The largest absolute Gasteiger partial charge is 0.488 e. The number of ether oxygens (including phenoxy) is 1. The Morgan fingerprint density at radius 1 is 1.18 bits per heavy atom. The van der Waals surface area contributed by atoms with Crippen LogP contribution in [0.25, 0.3) is 0 Å². The minimum absolute atomic E-state index is 0.0630. The first kappa shape index (κ1) is 17.8. The molecule has 0 unspecified atom stereocenters. The van der Waals surface area contributed by atoms with Gasteiger partial charge in [-0.2, -0.15) is 0 Å². The van der Waals surface area contributed by atoms with E-state index in [-0.39, 0.29) is 17.8 Å². The molecule has 3 aromatic rings. The van der Waals surface area contributed by atoms with Crippen molar-refractivity contribution in [2.24, 2.45) is 0 Å². The van der Waals surface area contributed by atoms with E-state index in [9.17, 15) is 9.59 Å². The molecule has 142 valence electrons. The molecule has 2 heterocycles. The summed E-state index contributed by atoms with van der Waals surface area (Å²) in [5.74, 6) is 0.882. The predicted molar refractivity (Wildman–Crippen MR) is 106 cm³/mol. The summed E-state index contributed by atoms with van der Waals surface area (Å²) >= 11 is 0. The van der Waals surface area contributed by atoms with E-state index in [4.69, 9.17) is 4.74 Å². The number of hydrogen-bond donors (Lipinski definition) is 2. The van der Waals surface area contributed by atoms with Crippen molar-refractivity contribution in [3.8, 4) is 5.75 Å². The number of carbonyl (C=O) groups is 1. The van der Waals surface area contributed by atoms with Gasteiger partial charge in [0.15, 0.2) is 0 Å². The van der Waals surface area contributed by atoms with Gasteiger partial charge < -0.3 is 15.4 Å². The molecule has 0 spiro atoms. The first-order valence-electron chi connectivity index (χ1n) is 9.07. The van der Waals surface area contributed by atoms with Gasteiger partial charge in [-0.25, -0.2) is 14.6 Å². The highest BCUT2D eigenvalue weighted by molar-refractivity contribution is 5.89. The number of urea groups is 1. The molecular weight excluding hydrogens is 356 g/mol. The van der Waals surface area contributed by atoms with Crippen molar-refractivity contribution in [3.63, 3.8) is 0 Å². The van der Waals surface area contributed by atoms with Crippen molar-refractivity contribution in [1.29, 1.82) is 0 Å². The molecule has 0 bridgehead atoms. The molecule has 4 rings (SSSR count). The van der Waals surface area contributed by atoms with E-state index in [1.54, 1.807) is 18.3 Å². The maximum absolute atomic E-state index is 12.2. The van der Waals surface area contributed by atoms with Gasteiger partial charge in [0.25, 0.3) is 0 Å². The summed E-state index contributed by atoms with van der Waals surface area (Å²) in [5.41, 5.74) is 2.40. The molecule has 0 fully saturated rings. The van der Waals surface area contributed by atoms with Crippen LogP contribution >= 0.6 is 0 Å². The van der Waals surface area contributed by atoms with Gasteiger partial charge in [-0.05, 0) is 35.4 Å². The fraction of sp³-hybridized carbons (Fsp3) is 0.190. The number of para-hydroxylation sites is 1. The molecule has 0 radical (unpaired) electrons. The lowest BCUT2D eigenvalue weighted by atomic mass is 10.1. The van der Waals surface area contributed by atoms with Crippen molar-refractivity contribution in [2.45, 2.75) is 19.1 Å². The fourth-order valence-electron chi connectivity index (χ4n) is 3.20. The smallest absolute Gasteiger partial charge is 0.347 e. The number of aromatic nitrogens is 2. The molecule has 0 saturated heterocycles. The quantitative estimate of drug-likeness (QED) is 0.716. The molecular formula is C21H20N4O3. The fourth-order valence-corrected chi connectivity index (χ4v) is 3.20. The zero-order valence-electron chi connectivity index (χ0n) is 15.2. The lowest BCUT2D eigenvalue weighted by molar-refractivity contribution is 0.219. The van der Waals surface area contributed by atoms with Crippen LogP contribution in [0.3, 0.4) is 0 Å².